The van der Waals surface area contributed by atoms with Gasteiger partial charge in [-0.15, -0.1) is 24.0 Å². The minimum Gasteiger partial charge on any atom is -0.454 e. The van der Waals surface area contributed by atoms with Gasteiger partial charge in [0.1, 0.15) is 12.3 Å². The zero-order valence-electron chi connectivity index (χ0n) is 15.6. The first-order valence-corrected chi connectivity index (χ1v) is 10.4. The number of halogens is 1. The Hall–Kier alpha value is -1.34. The van der Waals surface area contributed by atoms with Crippen molar-refractivity contribution in [1.82, 2.24) is 14.9 Å². The van der Waals surface area contributed by atoms with Crippen molar-refractivity contribution in [2.45, 2.75) is 39.3 Å². The molecule has 0 unspecified atom stereocenters. The van der Waals surface area contributed by atoms with Gasteiger partial charge in [-0.05, 0) is 38.8 Å². The van der Waals surface area contributed by atoms with Crippen LogP contribution in [-0.2, 0) is 16.6 Å². The third kappa shape index (κ3) is 6.96. The van der Waals surface area contributed by atoms with Crippen molar-refractivity contribution in [3.8, 4) is 0 Å². The molecule has 1 saturated heterocycles. The number of nitrogens with one attached hydrogen (secondary N) is 2. The summed E-state index contributed by atoms with van der Waals surface area (Å²) in [6.45, 7) is 5.60. The molecule has 1 aromatic rings. The first-order chi connectivity index (χ1) is 12.4. The van der Waals surface area contributed by atoms with E-state index in [0.29, 0.717) is 31.4 Å². The Bertz CT molecular complexity index is 742. The molecule has 0 radical (unpaired) electrons. The van der Waals surface area contributed by atoms with Crippen molar-refractivity contribution in [2.24, 2.45) is 10.7 Å². The number of carbonyl (C=O) groups excluding carboxylic acids is 1. The molecule has 0 saturated carbocycles. The largest absolute Gasteiger partial charge is 0.454 e. The van der Waals surface area contributed by atoms with Gasteiger partial charge in [-0.25, -0.2) is 17.7 Å². The van der Waals surface area contributed by atoms with Gasteiger partial charge in [-0.3, -0.25) is 4.79 Å². The molecular weight excluding hydrogens is 485 g/mol. The average molecular weight is 513 g/mol. The zero-order valence-corrected chi connectivity index (χ0v) is 18.7. The van der Waals surface area contributed by atoms with E-state index in [0.717, 1.165) is 12.8 Å². The maximum Gasteiger partial charge on any atom is 0.284 e. The van der Waals surface area contributed by atoms with Crippen LogP contribution in [0.3, 0.4) is 0 Å². The summed E-state index contributed by atoms with van der Waals surface area (Å²) in [5.41, 5.74) is 5.17. The quantitative estimate of drug-likeness (QED) is 0.282. The highest BCUT2D eigenvalue weighted by Crippen LogP contribution is 2.14. The second-order valence-electron chi connectivity index (χ2n) is 6.04. The number of rotatable bonds is 7. The van der Waals surface area contributed by atoms with E-state index in [1.54, 1.807) is 17.3 Å². The number of furan rings is 1. The summed E-state index contributed by atoms with van der Waals surface area (Å²) in [6, 6.07) is 3.34. The molecule has 11 heteroatoms. The molecule has 0 atom stereocenters. The van der Waals surface area contributed by atoms with Crippen LogP contribution in [0.15, 0.2) is 21.5 Å². The normalized spacial score (nSPS) is 16.6. The number of carbonyl (C=O) groups is 1. The van der Waals surface area contributed by atoms with E-state index in [1.165, 1.54) is 6.07 Å². The molecule has 0 bridgehead atoms. The van der Waals surface area contributed by atoms with E-state index in [-0.39, 0.29) is 48.1 Å². The molecule has 0 aromatic carbocycles. The fourth-order valence-electron chi connectivity index (χ4n) is 2.73. The van der Waals surface area contributed by atoms with E-state index in [9.17, 15) is 13.2 Å². The van der Waals surface area contributed by atoms with Gasteiger partial charge in [0, 0.05) is 25.7 Å². The number of guanidine groups is 1. The minimum atomic E-state index is -3.12. The predicted molar refractivity (Wildman–Crippen MR) is 115 cm³/mol. The van der Waals surface area contributed by atoms with Gasteiger partial charge >= 0.3 is 0 Å². The Kier molecular flexibility index (Phi) is 9.53. The first kappa shape index (κ1) is 23.7. The first-order valence-electron chi connectivity index (χ1n) is 8.77. The van der Waals surface area contributed by atoms with Crippen molar-refractivity contribution >= 4 is 45.9 Å². The van der Waals surface area contributed by atoms with E-state index in [4.69, 9.17) is 10.2 Å². The molecule has 1 aliphatic heterocycles. The van der Waals surface area contributed by atoms with Crippen LogP contribution in [-0.4, -0.2) is 56.0 Å². The van der Waals surface area contributed by atoms with Crippen LogP contribution in [0.25, 0.3) is 0 Å². The van der Waals surface area contributed by atoms with Gasteiger partial charge in [-0.1, -0.05) is 0 Å². The summed E-state index contributed by atoms with van der Waals surface area (Å²) >= 11 is 0. The predicted octanol–water partition coefficient (Wildman–Crippen LogP) is 0.866. The summed E-state index contributed by atoms with van der Waals surface area (Å²) in [7, 11) is -3.12. The summed E-state index contributed by atoms with van der Waals surface area (Å²) in [4.78, 5) is 15.5. The van der Waals surface area contributed by atoms with Crippen molar-refractivity contribution < 1.29 is 17.6 Å². The smallest absolute Gasteiger partial charge is 0.284 e. The van der Waals surface area contributed by atoms with Crippen LogP contribution in [0.5, 0.6) is 0 Å². The van der Waals surface area contributed by atoms with Gasteiger partial charge < -0.3 is 20.8 Å². The number of aliphatic imine (C=N–C) groups is 1. The molecule has 4 N–H and O–H groups in total. The van der Waals surface area contributed by atoms with Crippen molar-refractivity contribution in [3.05, 3.63) is 23.7 Å². The molecule has 1 fully saturated rings. The lowest BCUT2D eigenvalue weighted by molar-refractivity contribution is 0.0972. The number of hydrogen-bond acceptors (Lipinski definition) is 5. The van der Waals surface area contributed by atoms with Gasteiger partial charge in [0.05, 0.1) is 5.75 Å². The highest BCUT2D eigenvalue weighted by molar-refractivity contribution is 14.0. The number of hydrogen-bond donors (Lipinski definition) is 3. The molecular formula is C16H28IN5O4S. The molecule has 1 aromatic heterocycles. The van der Waals surface area contributed by atoms with Crippen molar-refractivity contribution in [1.29, 1.82) is 0 Å². The number of nitrogens with two attached hydrogens (primary N) is 1. The topological polar surface area (TPSA) is 130 Å². The van der Waals surface area contributed by atoms with E-state index in [2.05, 4.69) is 15.6 Å². The molecule has 1 amide bonds. The Labute approximate surface area is 177 Å². The molecule has 27 heavy (non-hydrogen) atoms. The molecule has 0 spiro atoms. The van der Waals surface area contributed by atoms with Gasteiger partial charge in [0.25, 0.3) is 5.91 Å². The standard InChI is InChI=1S/C16H27N5O4S.HI/c1-3-18-16(19-11-13-5-6-14(25-13)15(17)22)20-12-7-9-21(10-8-12)26(23,24)4-2;/h5-6,12H,3-4,7-11H2,1-2H3,(H2,17,22)(H2,18,19,20);1H. The van der Waals surface area contributed by atoms with Crippen LogP contribution in [0.4, 0.5) is 0 Å². The van der Waals surface area contributed by atoms with Gasteiger partial charge in [0.15, 0.2) is 11.7 Å². The fraction of sp³-hybridized carbons (Fsp3) is 0.625. The van der Waals surface area contributed by atoms with Crippen LogP contribution in [0, 0.1) is 0 Å². The number of piperidine rings is 1. The summed E-state index contributed by atoms with van der Waals surface area (Å²) in [5, 5.41) is 6.49. The van der Waals surface area contributed by atoms with Crippen LogP contribution in [0.1, 0.15) is 43.0 Å². The van der Waals surface area contributed by atoms with E-state index >= 15 is 0 Å². The van der Waals surface area contributed by atoms with Gasteiger partial charge in [0.2, 0.25) is 10.0 Å². The van der Waals surface area contributed by atoms with Crippen molar-refractivity contribution in [3.63, 3.8) is 0 Å². The summed E-state index contributed by atoms with van der Waals surface area (Å²) < 4.78 is 30.7. The second kappa shape index (κ2) is 10.9. The number of sulfonamides is 1. The van der Waals surface area contributed by atoms with Gasteiger partial charge in [-0.2, -0.15) is 0 Å². The zero-order chi connectivity index (χ0) is 19.2. The van der Waals surface area contributed by atoms with E-state index in [1.807, 2.05) is 6.92 Å². The highest BCUT2D eigenvalue weighted by atomic mass is 127. The monoisotopic (exact) mass is 513 g/mol. The van der Waals surface area contributed by atoms with E-state index < -0.39 is 15.9 Å². The molecule has 154 valence electrons. The maximum absolute atomic E-state index is 11.9. The lowest BCUT2D eigenvalue weighted by Gasteiger charge is -2.32. The van der Waals surface area contributed by atoms with Crippen molar-refractivity contribution in [2.75, 3.05) is 25.4 Å². The minimum absolute atomic E-state index is 0. The Morgan fingerprint density at radius 1 is 1.33 bits per heavy atom. The molecule has 2 heterocycles. The summed E-state index contributed by atoms with van der Waals surface area (Å²) in [5.74, 6) is 0.795. The lowest BCUT2D eigenvalue weighted by atomic mass is 10.1. The lowest BCUT2D eigenvalue weighted by Crippen LogP contribution is -2.50. The number of primary amides is 1. The number of nitrogens with zero attached hydrogens (tertiary/aromatic N) is 2. The van der Waals surface area contributed by atoms with Crippen LogP contribution < -0.4 is 16.4 Å². The molecule has 9 nitrogen and oxygen atoms in total. The van der Waals surface area contributed by atoms with Crippen LogP contribution in [0.2, 0.25) is 0 Å². The maximum atomic E-state index is 11.9. The Morgan fingerprint density at radius 2 is 2.00 bits per heavy atom. The molecule has 2 rings (SSSR count). The Balaban J connectivity index is 0.00000364. The third-order valence-electron chi connectivity index (χ3n) is 4.19. The molecule has 0 aliphatic carbocycles. The fourth-order valence-corrected chi connectivity index (χ4v) is 3.86. The average Bonchev–Trinajstić information content (AvgIpc) is 3.10. The molecule has 1 aliphatic rings. The third-order valence-corrected chi connectivity index (χ3v) is 6.08. The van der Waals surface area contributed by atoms with Crippen LogP contribution >= 0.6 is 24.0 Å². The SMILES string of the molecule is CCNC(=NCc1ccc(C(N)=O)o1)NC1CCN(S(=O)(=O)CC)CC1.I. The highest BCUT2D eigenvalue weighted by Gasteiger charge is 2.27. The Morgan fingerprint density at radius 3 is 2.52 bits per heavy atom. The second-order valence-corrected chi connectivity index (χ2v) is 8.30. The number of amides is 1. The summed E-state index contributed by atoms with van der Waals surface area (Å²) in [6.07, 6.45) is 1.44.